The number of aliphatic hydroxyl groups excluding tert-OH is 8. The molecule has 3 aliphatic heterocycles. The van der Waals surface area contributed by atoms with Gasteiger partial charge in [-0.05, 0) is 133 Å². The highest BCUT2D eigenvalue weighted by Gasteiger charge is 2.55. The quantitative estimate of drug-likeness (QED) is 0.0407. The van der Waals surface area contributed by atoms with Gasteiger partial charge in [-0.2, -0.15) is 0 Å². The molecule has 3 heterocycles. The average Bonchev–Trinajstić information content (AvgIpc) is 3.62. The molecular weight excluding hydrogens is 931 g/mol. The van der Waals surface area contributed by atoms with Gasteiger partial charge in [0.2, 0.25) is 0 Å². The van der Waals surface area contributed by atoms with Crippen LogP contribution < -0.4 is 26.6 Å². The highest BCUT2D eigenvalue weighted by atomic mass is 16.8. The fraction of sp³-hybridized carbons (Fsp3) is 1.00. The molecule has 426 valence electrons. The van der Waals surface area contributed by atoms with Crippen LogP contribution in [0.4, 0.5) is 0 Å². The van der Waals surface area contributed by atoms with Gasteiger partial charge in [0, 0.05) is 18.6 Å². The molecule has 19 atom stereocenters. The number of rotatable bonds is 34. The van der Waals surface area contributed by atoms with E-state index in [0.29, 0.717) is 68.7 Å². The van der Waals surface area contributed by atoms with Crippen LogP contribution >= 0.6 is 0 Å². The summed E-state index contributed by atoms with van der Waals surface area (Å²) in [5, 5.41) is 109. The number of hydrogen-bond donors (Lipinski definition) is 13. The molecule has 4 aliphatic rings. The Labute approximate surface area is 432 Å². The lowest BCUT2D eigenvalue weighted by Gasteiger charge is -2.49. The summed E-state index contributed by atoms with van der Waals surface area (Å²) in [7, 11) is 0. The third kappa shape index (κ3) is 19.9. The number of hydrogen-bond acceptors (Lipinski definition) is 19. The predicted octanol–water partition coefficient (Wildman–Crippen LogP) is 1.47. The van der Waals surface area contributed by atoms with Gasteiger partial charge in [0.25, 0.3) is 0 Å². The van der Waals surface area contributed by atoms with Gasteiger partial charge >= 0.3 is 0 Å². The summed E-state index contributed by atoms with van der Waals surface area (Å²) in [6, 6.07) is -2.81. The molecule has 0 bridgehead atoms. The molecule has 19 heteroatoms. The van der Waals surface area contributed by atoms with Crippen LogP contribution in [-0.2, 0) is 28.4 Å². The maximum atomic E-state index is 12.5. The first-order valence-corrected chi connectivity index (χ1v) is 28.1. The molecule has 4 fully saturated rings. The minimum absolute atomic E-state index is 0.240. The van der Waals surface area contributed by atoms with Crippen LogP contribution in [0.2, 0.25) is 0 Å². The minimum atomic E-state index is -1.55. The highest BCUT2D eigenvalue weighted by molar-refractivity contribution is 5.04. The lowest BCUT2D eigenvalue weighted by Crippen LogP contribution is -2.69. The summed E-state index contributed by atoms with van der Waals surface area (Å²) in [4.78, 5) is 0. The molecule has 13 N–H and O–H groups in total. The molecular formula is C53H105N5O14. The predicted molar refractivity (Wildman–Crippen MR) is 276 cm³/mol. The van der Waals surface area contributed by atoms with Crippen molar-refractivity contribution in [1.82, 2.24) is 26.6 Å². The Morgan fingerprint density at radius 3 is 1.26 bits per heavy atom. The van der Waals surface area contributed by atoms with Crippen LogP contribution in [-0.4, -0.2) is 210 Å². The standard InChI is InChI=1S/C53H105N5O14/c1-30(2)16-11-21-54-27-37-43(62)45(64)40(57-24-14-19-33(7)8)51(67-37)71-49-39(29-60)69-53(47(49)66)72-50-42(61)35(55-22-12-17-31(3)4)26-36(56-23-13-18-32(5)6)48(50)70-52-41(58-25-15-20-34(9)10)46(65)44(63)38(28-59)68-52/h30-66H,11-29H2,1-10H3/t35-,36+,37?,38-,39-,40-,41-,42+,43-,44-,45-,46-,47-,48-,49-,50-,51-,52-,53+/m1/s1. The summed E-state index contributed by atoms with van der Waals surface area (Å²) in [6.45, 7) is 23.5. The largest absolute Gasteiger partial charge is 0.394 e. The summed E-state index contributed by atoms with van der Waals surface area (Å²) in [5.41, 5.74) is 0. The van der Waals surface area contributed by atoms with E-state index in [0.717, 1.165) is 64.2 Å². The number of aliphatic hydroxyl groups is 8. The molecule has 72 heavy (non-hydrogen) atoms. The molecule has 0 aromatic rings. The summed E-state index contributed by atoms with van der Waals surface area (Å²) in [6.07, 6.45) is -9.12. The fourth-order valence-electron chi connectivity index (χ4n) is 10.4. The molecule has 0 spiro atoms. The van der Waals surface area contributed by atoms with Gasteiger partial charge in [-0.15, -0.1) is 0 Å². The van der Waals surface area contributed by atoms with Crippen molar-refractivity contribution >= 4 is 0 Å². The van der Waals surface area contributed by atoms with Gasteiger partial charge in [-0.3, -0.25) is 0 Å². The molecule has 19 nitrogen and oxygen atoms in total. The van der Waals surface area contributed by atoms with Crippen molar-refractivity contribution in [3.8, 4) is 0 Å². The topological polar surface area (TPSA) is 277 Å². The van der Waals surface area contributed by atoms with Gasteiger partial charge in [-0.25, -0.2) is 0 Å². The zero-order valence-electron chi connectivity index (χ0n) is 45.8. The minimum Gasteiger partial charge on any atom is -0.394 e. The van der Waals surface area contributed by atoms with Crippen LogP contribution in [0.3, 0.4) is 0 Å². The summed E-state index contributed by atoms with van der Waals surface area (Å²) < 4.78 is 39.3. The van der Waals surface area contributed by atoms with Crippen LogP contribution in [0, 0.1) is 29.6 Å². The first-order chi connectivity index (χ1) is 34.3. The second-order valence-electron chi connectivity index (χ2n) is 23.4. The van der Waals surface area contributed by atoms with Crippen molar-refractivity contribution in [3.05, 3.63) is 0 Å². The molecule has 4 rings (SSSR count). The Balaban J connectivity index is 1.67. The Morgan fingerprint density at radius 1 is 0.403 bits per heavy atom. The Kier molecular flexibility index (Phi) is 29.1. The molecule has 3 saturated heterocycles. The van der Waals surface area contributed by atoms with Crippen molar-refractivity contribution in [2.24, 2.45) is 29.6 Å². The highest BCUT2D eigenvalue weighted by Crippen LogP contribution is 2.36. The Hall–Kier alpha value is -0.760. The van der Waals surface area contributed by atoms with E-state index in [1.807, 2.05) is 0 Å². The van der Waals surface area contributed by atoms with E-state index in [4.69, 9.17) is 28.4 Å². The van der Waals surface area contributed by atoms with Crippen LogP contribution in [0.25, 0.3) is 0 Å². The van der Waals surface area contributed by atoms with Crippen LogP contribution in [0.5, 0.6) is 0 Å². The van der Waals surface area contributed by atoms with Crippen molar-refractivity contribution in [2.75, 3.05) is 52.5 Å². The third-order valence-electron chi connectivity index (χ3n) is 14.8. The second kappa shape index (κ2) is 32.9. The second-order valence-corrected chi connectivity index (χ2v) is 23.4. The third-order valence-corrected chi connectivity index (χ3v) is 14.8. The van der Waals surface area contributed by atoms with Gasteiger partial charge < -0.3 is 95.9 Å². The maximum absolute atomic E-state index is 12.5. The van der Waals surface area contributed by atoms with E-state index >= 15 is 0 Å². The molecule has 0 aromatic heterocycles. The summed E-state index contributed by atoms with van der Waals surface area (Å²) >= 11 is 0. The molecule has 1 aliphatic carbocycles. The SMILES string of the molecule is CC(C)CCCNCC1O[C@H](O[C@H]2[C@@H](O)[C@H](O[C@@H]3[C@@H](O)[C@H](NCCCC(C)C)C[C@H](NCCCC(C)C)[C@H]3O[C@H]3O[C@H](CO)[C@@H](O)[C@H](O)[C@H]3NCCCC(C)C)O[C@@H]2CO)[C@H](NCCCC(C)C)[C@@H](O)[C@@H]1O. The van der Waals surface area contributed by atoms with Crippen molar-refractivity contribution < 1.29 is 69.3 Å². The van der Waals surface area contributed by atoms with Crippen molar-refractivity contribution in [1.29, 1.82) is 0 Å². The average molecular weight is 1040 g/mol. The van der Waals surface area contributed by atoms with Crippen molar-refractivity contribution in [2.45, 2.75) is 256 Å². The van der Waals surface area contributed by atoms with E-state index in [1.54, 1.807) is 0 Å². The summed E-state index contributed by atoms with van der Waals surface area (Å²) in [5.74, 6) is 2.42. The van der Waals surface area contributed by atoms with Gasteiger partial charge in [0.1, 0.15) is 67.1 Å². The molecule has 0 amide bonds. The molecule has 1 unspecified atom stereocenters. The zero-order valence-corrected chi connectivity index (χ0v) is 45.8. The van der Waals surface area contributed by atoms with Gasteiger partial charge in [0.15, 0.2) is 18.9 Å². The Morgan fingerprint density at radius 2 is 0.792 bits per heavy atom. The monoisotopic (exact) mass is 1040 g/mol. The van der Waals surface area contributed by atoms with E-state index in [2.05, 4.69) is 95.8 Å². The van der Waals surface area contributed by atoms with E-state index in [-0.39, 0.29) is 6.54 Å². The maximum Gasteiger partial charge on any atom is 0.187 e. The van der Waals surface area contributed by atoms with E-state index in [1.165, 1.54) is 0 Å². The smallest absolute Gasteiger partial charge is 0.187 e. The molecule has 1 saturated carbocycles. The van der Waals surface area contributed by atoms with Gasteiger partial charge in [-0.1, -0.05) is 69.2 Å². The number of ether oxygens (including phenoxy) is 6. The van der Waals surface area contributed by atoms with Crippen molar-refractivity contribution in [3.63, 3.8) is 0 Å². The van der Waals surface area contributed by atoms with E-state index < -0.39 is 129 Å². The van der Waals surface area contributed by atoms with Crippen LogP contribution in [0.15, 0.2) is 0 Å². The van der Waals surface area contributed by atoms with Crippen LogP contribution in [0.1, 0.15) is 140 Å². The first kappa shape index (κ1) is 63.8. The lowest BCUT2D eigenvalue weighted by molar-refractivity contribution is -0.315. The zero-order chi connectivity index (χ0) is 53.1. The first-order valence-electron chi connectivity index (χ1n) is 28.1. The lowest BCUT2D eigenvalue weighted by atomic mass is 9.82. The molecule has 0 aromatic carbocycles. The van der Waals surface area contributed by atoms with E-state index in [9.17, 15) is 40.9 Å². The normalized spacial score (nSPS) is 36.8. The fourth-order valence-corrected chi connectivity index (χ4v) is 10.4. The van der Waals surface area contributed by atoms with Gasteiger partial charge in [0.05, 0.1) is 31.4 Å². The molecule has 0 radical (unpaired) electrons. The number of nitrogens with one attached hydrogen (secondary N) is 5. The Bertz CT molecular complexity index is 1420.